The van der Waals surface area contributed by atoms with Gasteiger partial charge in [0.05, 0.1) is 6.04 Å². The highest BCUT2D eigenvalue weighted by molar-refractivity contribution is 7.80. The van der Waals surface area contributed by atoms with E-state index in [-0.39, 0.29) is 23.6 Å². The van der Waals surface area contributed by atoms with Gasteiger partial charge in [0.25, 0.3) is 0 Å². The third-order valence-electron chi connectivity index (χ3n) is 3.55. The zero-order chi connectivity index (χ0) is 16.8. The standard InChI is InChI=1S/C18H20F2N2S/c1-12(2)17(14-5-9-16(20)10-6-14)22-18(23)21-11-13-3-7-15(19)8-4-13/h3-10,12,17H,11H2,1-2H3,(H2,21,22,23)/t17-/m0/s1. The summed E-state index contributed by atoms with van der Waals surface area (Å²) >= 11 is 5.33. The van der Waals surface area contributed by atoms with Gasteiger partial charge in [0.1, 0.15) is 11.6 Å². The molecule has 2 N–H and O–H groups in total. The zero-order valence-electron chi connectivity index (χ0n) is 13.1. The van der Waals surface area contributed by atoms with Crippen molar-refractivity contribution in [1.82, 2.24) is 10.6 Å². The molecular weight excluding hydrogens is 314 g/mol. The van der Waals surface area contributed by atoms with Crippen molar-refractivity contribution in [1.29, 1.82) is 0 Å². The molecule has 0 spiro atoms. The summed E-state index contributed by atoms with van der Waals surface area (Å²) in [7, 11) is 0. The maximum absolute atomic E-state index is 13.1. The average molecular weight is 334 g/mol. The minimum atomic E-state index is -0.259. The summed E-state index contributed by atoms with van der Waals surface area (Å²) in [5.74, 6) is -0.232. The molecule has 0 aliphatic carbocycles. The molecule has 0 saturated carbocycles. The van der Waals surface area contributed by atoms with Crippen LogP contribution in [-0.2, 0) is 6.54 Å². The Morgan fingerprint density at radius 2 is 1.48 bits per heavy atom. The van der Waals surface area contributed by atoms with Crippen molar-refractivity contribution in [2.75, 3.05) is 0 Å². The van der Waals surface area contributed by atoms with Crippen molar-refractivity contribution in [3.05, 3.63) is 71.3 Å². The van der Waals surface area contributed by atoms with Gasteiger partial charge in [-0.25, -0.2) is 8.78 Å². The van der Waals surface area contributed by atoms with Gasteiger partial charge in [-0.2, -0.15) is 0 Å². The van der Waals surface area contributed by atoms with Crippen LogP contribution in [0.1, 0.15) is 31.0 Å². The van der Waals surface area contributed by atoms with Crippen LogP contribution in [0.4, 0.5) is 8.78 Å². The fourth-order valence-electron chi connectivity index (χ4n) is 2.28. The highest BCUT2D eigenvalue weighted by Crippen LogP contribution is 2.21. The monoisotopic (exact) mass is 334 g/mol. The lowest BCUT2D eigenvalue weighted by Crippen LogP contribution is -2.39. The maximum Gasteiger partial charge on any atom is 0.167 e. The molecule has 2 aromatic carbocycles. The summed E-state index contributed by atoms with van der Waals surface area (Å²) in [4.78, 5) is 0. The fraction of sp³-hybridized carbons (Fsp3) is 0.278. The molecule has 122 valence electrons. The Bertz CT molecular complexity index is 639. The lowest BCUT2D eigenvalue weighted by Gasteiger charge is -2.24. The molecule has 2 aromatic rings. The third kappa shape index (κ3) is 5.28. The normalized spacial score (nSPS) is 12.0. The van der Waals surface area contributed by atoms with Gasteiger partial charge in [-0.15, -0.1) is 0 Å². The van der Waals surface area contributed by atoms with Crippen LogP contribution in [-0.4, -0.2) is 5.11 Å². The van der Waals surface area contributed by atoms with E-state index >= 15 is 0 Å². The van der Waals surface area contributed by atoms with E-state index in [4.69, 9.17) is 12.2 Å². The first-order valence-corrected chi connectivity index (χ1v) is 7.91. The van der Waals surface area contributed by atoms with Crippen molar-refractivity contribution < 1.29 is 8.78 Å². The van der Waals surface area contributed by atoms with Crippen LogP contribution in [0.3, 0.4) is 0 Å². The predicted octanol–water partition coefficient (Wildman–Crippen LogP) is 4.33. The van der Waals surface area contributed by atoms with Crippen LogP contribution < -0.4 is 10.6 Å². The summed E-state index contributed by atoms with van der Waals surface area (Å²) < 4.78 is 25.9. The van der Waals surface area contributed by atoms with Gasteiger partial charge in [-0.1, -0.05) is 38.1 Å². The van der Waals surface area contributed by atoms with Gasteiger partial charge in [0, 0.05) is 6.54 Å². The first-order chi connectivity index (χ1) is 11.0. The fourth-order valence-corrected chi connectivity index (χ4v) is 2.48. The number of hydrogen-bond acceptors (Lipinski definition) is 1. The number of nitrogens with one attached hydrogen (secondary N) is 2. The average Bonchev–Trinajstić information content (AvgIpc) is 2.53. The summed E-state index contributed by atoms with van der Waals surface area (Å²) in [5.41, 5.74) is 1.92. The van der Waals surface area contributed by atoms with Crippen LogP contribution in [0.25, 0.3) is 0 Å². The van der Waals surface area contributed by atoms with E-state index in [1.165, 1.54) is 24.3 Å². The van der Waals surface area contributed by atoms with Crippen molar-refractivity contribution in [3.63, 3.8) is 0 Å². The lowest BCUT2D eigenvalue weighted by molar-refractivity contribution is 0.468. The van der Waals surface area contributed by atoms with E-state index in [1.54, 1.807) is 24.3 Å². The van der Waals surface area contributed by atoms with Crippen LogP contribution in [0.15, 0.2) is 48.5 Å². The largest absolute Gasteiger partial charge is 0.359 e. The highest BCUT2D eigenvalue weighted by Gasteiger charge is 2.16. The topological polar surface area (TPSA) is 24.1 Å². The molecule has 0 unspecified atom stereocenters. The third-order valence-corrected chi connectivity index (χ3v) is 3.81. The minimum absolute atomic E-state index is 0.0104. The molecule has 0 radical (unpaired) electrons. The Morgan fingerprint density at radius 1 is 0.957 bits per heavy atom. The van der Waals surface area contributed by atoms with E-state index in [2.05, 4.69) is 24.5 Å². The van der Waals surface area contributed by atoms with Crippen LogP contribution in [0.5, 0.6) is 0 Å². The van der Waals surface area contributed by atoms with Crippen molar-refractivity contribution in [3.8, 4) is 0 Å². The molecule has 0 aliphatic rings. The number of rotatable bonds is 5. The lowest BCUT2D eigenvalue weighted by atomic mass is 9.96. The predicted molar refractivity (Wildman–Crippen MR) is 93.0 cm³/mol. The summed E-state index contributed by atoms with van der Waals surface area (Å²) in [5, 5.41) is 6.88. The van der Waals surface area contributed by atoms with E-state index in [9.17, 15) is 8.78 Å². The Hall–Kier alpha value is -2.01. The van der Waals surface area contributed by atoms with Crippen molar-refractivity contribution in [2.24, 2.45) is 5.92 Å². The molecule has 0 saturated heterocycles. The summed E-state index contributed by atoms with van der Waals surface area (Å²) in [6, 6.07) is 12.7. The van der Waals surface area contributed by atoms with Gasteiger partial charge in [0.2, 0.25) is 0 Å². The SMILES string of the molecule is CC(C)[C@H](NC(=S)NCc1ccc(F)cc1)c1ccc(F)cc1. The molecule has 0 amide bonds. The number of benzene rings is 2. The second-order valence-corrected chi connectivity index (χ2v) is 6.13. The van der Waals surface area contributed by atoms with Gasteiger partial charge in [0.15, 0.2) is 5.11 Å². The quantitative estimate of drug-likeness (QED) is 0.796. The van der Waals surface area contributed by atoms with Crippen molar-refractivity contribution >= 4 is 17.3 Å². The summed E-state index contributed by atoms with van der Waals surface area (Å²) in [6.45, 7) is 4.66. The van der Waals surface area contributed by atoms with Crippen molar-refractivity contribution in [2.45, 2.75) is 26.4 Å². The first kappa shape index (κ1) is 17.3. The molecule has 5 heteroatoms. The van der Waals surface area contributed by atoms with E-state index in [0.717, 1.165) is 11.1 Å². The Balaban J connectivity index is 1.95. The van der Waals surface area contributed by atoms with Crippen LogP contribution in [0.2, 0.25) is 0 Å². The molecule has 2 rings (SSSR count). The molecule has 0 heterocycles. The Labute approximate surface area is 140 Å². The smallest absolute Gasteiger partial charge is 0.167 e. The second-order valence-electron chi connectivity index (χ2n) is 5.73. The van der Waals surface area contributed by atoms with Gasteiger partial charge < -0.3 is 10.6 Å². The number of hydrogen-bond donors (Lipinski definition) is 2. The van der Waals surface area contributed by atoms with Gasteiger partial charge in [-0.05, 0) is 53.5 Å². The minimum Gasteiger partial charge on any atom is -0.359 e. The Kier molecular flexibility index (Phi) is 6.04. The van der Waals surface area contributed by atoms with E-state index in [1.807, 2.05) is 0 Å². The molecule has 0 aromatic heterocycles. The van der Waals surface area contributed by atoms with Gasteiger partial charge >= 0.3 is 0 Å². The molecule has 0 bridgehead atoms. The molecule has 23 heavy (non-hydrogen) atoms. The van der Waals surface area contributed by atoms with E-state index < -0.39 is 0 Å². The summed E-state index contributed by atoms with van der Waals surface area (Å²) in [6.07, 6.45) is 0. The van der Waals surface area contributed by atoms with E-state index in [0.29, 0.717) is 11.7 Å². The van der Waals surface area contributed by atoms with Crippen LogP contribution in [0, 0.1) is 17.6 Å². The van der Waals surface area contributed by atoms with Gasteiger partial charge in [-0.3, -0.25) is 0 Å². The molecular formula is C18H20F2N2S. The number of halogens is 2. The van der Waals surface area contributed by atoms with Crippen LogP contribution >= 0.6 is 12.2 Å². The molecule has 1 atom stereocenters. The highest BCUT2D eigenvalue weighted by atomic mass is 32.1. The second kappa shape index (κ2) is 8.02. The molecule has 2 nitrogen and oxygen atoms in total. The first-order valence-electron chi connectivity index (χ1n) is 7.50. The maximum atomic E-state index is 13.1. The zero-order valence-corrected chi connectivity index (χ0v) is 14.0. The Morgan fingerprint density at radius 3 is 2.00 bits per heavy atom. The number of thiocarbonyl (C=S) groups is 1. The molecule has 0 fully saturated rings. The molecule has 0 aliphatic heterocycles.